The molecule has 0 radical (unpaired) electrons. The molecule has 8 aliphatic rings. The van der Waals surface area contributed by atoms with Crippen LogP contribution < -0.4 is 0 Å². The average Bonchev–Trinajstić information content (AvgIpc) is 3.50. The molecule has 0 aromatic heterocycles. The van der Waals surface area contributed by atoms with Crippen molar-refractivity contribution >= 4 is 11.8 Å². The van der Waals surface area contributed by atoms with Gasteiger partial charge in [0.15, 0.2) is 0 Å². The molecule has 6 atom stereocenters. The summed E-state index contributed by atoms with van der Waals surface area (Å²) in [6, 6.07) is 2.92. The molecule has 1 fully saturated rings. The molecule has 0 aromatic rings. The predicted molar refractivity (Wildman–Crippen MR) is 194 cm³/mol. The van der Waals surface area contributed by atoms with E-state index in [-0.39, 0.29) is 0 Å². The number of fused-ring (bicyclic) bond motifs is 2. The number of hydrogen-bond donors (Lipinski definition) is 0. The van der Waals surface area contributed by atoms with Crippen LogP contribution in [0.3, 0.4) is 0 Å². The van der Waals surface area contributed by atoms with E-state index in [1.54, 1.807) is 33.0 Å². The van der Waals surface area contributed by atoms with Crippen molar-refractivity contribution in [3.8, 4) is 6.07 Å². The molecule has 1 saturated carbocycles. The van der Waals surface area contributed by atoms with Gasteiger partial charge in [-0.3, -0.25) is 0 Å². The molecule has 8 rings (SSSR count). The van der Waals surface area contributed by atoms with E-state index in [2.05, 4.69) is 65.3 Å². The first-order valence-corrected chi connectivity index (χ1v) is 20.4. The molecule has 0 spiro atoms. The number of hydrogen-bond acceptors (Lipinski definition) is 3. The molecule has 0 amide bonds. The second-order valence-corrected chi connectivity index (χ2v) is 17.2. The van der Waals surface area contributed by atoms with Gasteiger partial charge in [0.2, 0.25) is 0 Å². The maximum absolute atomic E-state index is 9.47. The third-order valence-corrected chi connectivity index (χ3v) is 14.9. The van der Waals surface area contributed by atoms with E-state index in [0.29, 0.717) is 23.1 Å². The van der Waals surface area contributed by atoms with Gasteiger partial charge in [-0.05, 0) is 143 Å². The van der Waals surface area contributed by atoms with Gasteiger partial charge in [0, 0.05) is 22.2 Å². The molecular formula is C43H56N2S. The van der Waals surface area contributed by atoms with Crippen molar-refractivity contribution in [1.82, 2.24) is 4.90 Å². The minimum Gasteiger partial charge on any atom is -0.342 e. The van der Waals surface area contributed by atoms with E-state index >= 15 is 0 Å². The highest BCUT2D eigenvalue weighted by Crippen LogP contribution is 2.55. The van der Waals surface area contributed by atoms with Gasteiger partial charge in [-0.15, -0.1) is 11.8 Å². The first kappa shape index (κ1) is 31.1. The van der Waals surface area contributed by atoms with Crippen LogP contribution in [0.4, 0.5) is 0 Å². The lowest BCUT2D eigenvalue weighted by molar-refractivity contribution is 0.216. The van der Waals surface area contributed by atoms with E-state index in [0.717, 1.165) is 36.2 Å². The van der Waals surface area contributed by atoms with Crippen LogP contribution in [0.2, 0.25) is 0 Å². The fourth-order valence-corrected chi connectivity index (χ4v) is 12.5. The Kier molecular flexibility index (Phi) is 9.55. The largest absolute Gasteiger partial charge is 0.342 e. The van der Waals surface area contributed by atoms with Crippen LogP contribution in [-0.2, 0) is 0 Å². The van der Waals surface area contributed by atoms with E-state index in [9.17, 15) is 5.26 Å². The molecule has 46 heavy (non-hydrogen) atoms. The van der Waals surface area contributed by atoms with Crippen molar-refractivity contribution in [3.63, 3.8) is 0 Å². The monoisotopic (exact) mass is 632 g/mol. The minimum atomic E-state index is 0.467. The van der Waals surface area contributed by atoms with Crippen molar-refractivity contribution in [1.29, 1.82) is 5.26 Å². The fraction of sp³-hybridized carbons (Fsp3) is 0.651. The SMILES string of the molecule is N#CC1=CC2SC3=C(CCC(C4=CCC(N(C5=CCC(C6=CCCCC6)CC5)C5=CCC(C6CCCCC6)CC5)C=C4)C3)C2CC1. The maximum atomic E-state index is 9.47. The molecule has 6 unspecified atom stereocenters. The van der Waals surface area contributed by atoms with Gasteiger partial charge in [0.1, 0.15) is 0 Å². The summed E-state index contributed by atoms with van der Waals surface area (Å²) in [6.45, 7) is 0. The number of allylic oxidation sites excluding steroid dienone is 11. The van der Waals surface area contributed by atoms with Crippen molar-refractivity contribution in [3.05, 3.63) is 81.1 Å². The Hall–Kier alpha value is -2.18. The van der Waals surface area contributed by atoms with Crippen LogP contribution >= 0.6 is 11.8 Å². The first-order chi connectivity index (χ1) is 22.7. The van der Waals surface area contributed by atoms with E-state index < -0.39 is 0 Å². The highest BCUT2D eigenvalue weighted by atomic mass is 32.2. The Bertz CT molecular complexity index is 1420. The van der Waals surface area contributed by atoms with Gasteiger partial charge in [-0.2, -0.15) is 5.26 Å². The first-order valence-electron chi connectivity index (χ1n) is 19.5. The lowest BCUT2D eigenvalue weighted by Crippen LogP contribution is -2.36. The Balaban J connectivity index is 0.967. The second kappa shape index (κ2) is 14.1. The van der Waals surface area contributed by atoms with Crippen molar-refractivity contribution in [2.75, 3.05) is 0 Å². The van der Waals surface area contributed by atoms with Crippen LogP contribution in [0.5, 0.6) is 0 Å². The summed E-state index contributed by atoms with van der Waals surface area (Å²) in [5.41, 5.74) is 9.42. The molecule has 2 nitrogen and oxygen atoms in total. The van der Waals surface area contributed by atoms with Crippen LogP contribution in [0.1, 0.15) is 135 Å². The van der Waals surface area contributed by atoms with Gasteiger partial charge >= 0.3 is 0 Å². The molecular weight excluding hydrogens is 577 g/mol. The normalized spacial score (nSPS) is 35.2. The van der Waals surface area contributed by atoms with Crippen molar-refractivity contribution < 1.29 is 0 Å². The Morgan fingerprint density at radius 3 is 2.28 bits per heavy atom. The molecule has 1 heterocycles. The average molecular weight is 633 g/mol. The summed E-state index contributed by atoms with van der Waals surface area (Å²) in [7, 11) is 0. The zero-order chi connectivity index (χ0) is 30.9. The fourth-order valence-electron chi connectivity index (χ4n) is 10.8. The lowest BCUT2D eigenvalue weighted by atomic mass is 9.74. The van der Waals surface area contributed by atoms with E-state index in [4.69, 9.17) is 0 Å². The number of rotatable bonds is 6. The van der Waals surface area contributed by atoms with E-state index in [1.165, 1.54) is 122 Å². The molecule has 3 heteroatoms. The number of thioether (sulfide) groups is 1. The predicted octanol–water partition coefficient (Wildman–Crippen LogP) is 12.0. The summed E-state index contributed by atoms with van der Waals surface area (Å²) in [5.74, 6) is 4.06. The molecule has 0 bridgehead atoms. The Morgan fingerprint density at radius 2 is 1.57 bits per heavy atom. The minimum absolute atomic E-state index is 0.467. The quantitative estimate of drug-likeness (QED) is 0.273. The van der Waals surface area contributed by atoms with Gasteiger partial charge in [-0.1, -0.05) is 85.8 Å². The molecule has 0 aromatic carbocycles. The number of nitrogens with zero attached hydrogens (tertiary/aromatic N) is 2. The standard InChI is InChI=1S/C43H56N2S/c44-29-30-11-25-40-41-26-18-36(28-43(41)46-42(40)27-30)35-16-23-39(24-17-35)45(37-19-12-33(13-20-37)31-7-3-1-4-8-31)38-21-14-34(15-22-38)32-9-5-2-6-10-32/h7,16-17,19,21,23,27,32-34,36,39-40,42H,1-6,8-15,18,20,22,24-26,28H2. The number of nitriles is 1. The summed E-state index contributed by atoms with van der Waals surface area (Å²) in [6.07, 6.45) is 45.8. The van der Waals surface area contributed by atoms with Crippen LogP contribution in [-0.4, -0.2) is 16.2 Å². The second-order valence-electron chi connectivity index (χ2n) is 16.0. The highest BCUT2D eigenvalue weighted by molar-refractivity contribution is 8.04. The molecule has 7 aliphatic carbocycles. The molecule has 0 saturated heterocycles. The molecule has 1 aliphatic heterocycles. The zero-order valence-electron chi connectivity index (χ0n) is 28.2. The third kappa shape index (κ3) is 6.46. The van der Waals surface area contributed by atoms with Crippen LogP contribution in [0.15, 0.2) is 81.1 Å². The third-order valence-electron chi connectivity index (χ3n) is 13.4. The van der Waals surface area contributed by atoms with Crippen LogP contribution in [0.25, 0.3) is 0 Å². The molecule has 0 N–H and O–H groups in total. The van der Waals surface area contributed by atoms with Crippen LogP contribution in [0, 0.1) is 40.9 Å². The van der Waals surface area contributed by atoms with Gasteiger partial charge in [0.05, 0.1) is 12.1 Å². The van der Waals surface area contributed by atoms with Gasteiger partial charge in [0.25, 0.3) is 0 Å². The van der Waals surface area contributed by atoms with Crippen molar-refractivity contribution in [2.24, 2.45) is 29.6 Å². The summed E-state index contributed by atoms with van der Waals surface area (Å²) in [4.78, 5) is 4.53. The zero-order valence-corrected chi connectivity index (χ0v) is 29.1. The summed E-state index contributed by atoms with van der Waals surface area (Å²) in [5, 5.41) is 10.00. The Morgan fingerprint density at radius 1 is 0.717 bits per heavy atom. The Labute approximate surface area is 283 Å². The van der Waals surface area contributed by atoms with Gasteiger partial charge in [-0.25, -0.2) is 0 Å². The summed E-state index contributed by atoms with van der Waals surface area (Å²) >= 11 is 2.10. The maximum Gasteiger partial charge on any atom is 0.0944 e. The molecule has 244 valence electrons. The van der Waals surface area contributed by atoms with Crippen molar-refractivity contribution in [2.45, 2.75) is 146 Å². The highest BCUT2D eigenvalue weighted by Gasteiger charge is 2.40. The topological polar surface area (TPSA) is 27.0 Å². The smallest absolute Gasteiger partial charge is 0.0944 e. The summed E-state index contributed by atoms with van der Waals surface area (Å²) < 4.78 is 0. The van der Waals surface area contributed by atoms with Gasteiger partial charge < -0.3 is 4.90 Å². The van der Waals surface area contributed by atoms with E-state index in [1.807, 2.05) is 0 Å². The lowest BCUT2D eigenvalue weighted by Gasteiger charge is -2.42.